The summed E-state index contributed by atoms with van der Waals surface area (Å²) in [4.78, 5) is 26.3. The average molecular weight is 319 g/mol. The molecule has 6 heteroatoms. The number of hydrogen-bond donors (Lipinski definition) is 2. The van der Waals surface area contributed by atoms with Gasteiger partial charge in [0.15, 0.2) is 0 Å². The number of amides is 2. The van der Waals surface area contributed by atoms with Crippen LogP contribution < -0.4 is 10.6 Å². The van der Waals surface area contributed by atoms with Gasteiger partial charge in [-0.05, 0) is 43.5 Å². The van der Waals surface area contributed by atoms with Crippen LogP contribution in [-0.4, -0.2) is 48.4 Å². The van der Waals surface area contributed by atoms with Gasteiger partial charge in [0.25, 0.3) is 0 Å². The van der Waals surface area contributed by atoms with Gasteiger partial charge < -0.3 is 15.5 Å². The second kappa shape index (κ2) is 7.08. The molecule has 5 nitrogen and oxygen atoms in total. The highest BCUT2D eigenvalue weighted by Gasteiger charge is 2.37. The molecule has 2 fully saturated rings. The van der Waals surface area contributed by atoms with Crippen molar-refractivity contribution < 1.29 is 14.0 Å². The Hall–Kier alpha value is -1.95. The third-order valence-corrected chi connectivity index (χ3v) is 4.63. The number of carbonyl (C=O) groups excluding carboxylic acids is 2. The number of rotatable bonds is 4. The van der Waals surface area contributed by atoms with E-state index in [9.17, 15) is 14.0 Å². The highest BCUT2D eigenvalue weighted by Crippen LogP contribution is 2.27. The lowest BCUT2D eigenvalue weighted by Crippen LogP contribution is -2.47. The van der Waals surface area contributed by atoms with E-state index in [1.165, 1.54) is 12.1 Å². The van der Waals surface area contributed by atoms with E-state index >= 15 is 0 Å². The van der Waals surface area contributed by atoms with Gasteiger partial charge >= 0.3 is 0 Å². The van der Waals surface area contributed by atoms with E-state index in [0.29, 0.717) is 11.6 Å². The molecular formula is C17H22FN3O2. The van der Waals surface area contributed by atoms with E-state index in [2.05, 4.69) is 10.6 Å². The molecule has 0 aromatic heterocycles. The van der Waals surface area contributed by atoms with Gasteiger partial charge in [-0.3, -0.25) is 9.59 Å². The zero-order chi connectivity index (χ0) is 16.2. The molecule has 2 aliphatic heterocycles. The van der Waals surface area contributed by atoms with Gasteiger partial charge in [-0.1, -0.05) is 12.1 Å². The third-order valence-electron chi connectivity index (χ3n) is 4.63. The molecule has 1 aromatic carbocycles. The van der Waals surface area contributed by atoms with Crippen molar-refractivity contribution in [3.63, 3.8) is 0 Å². The van der Waals surface area contributed by atoms with Gasteiger partial charge in [0, 0.05) is 18.6 Å². The molecule has 2 atom stereocenters. The number of benzene rings is 1. The lowest BCUT2D eigenvalue weighted by molar-refractivity contribution is -0.134. The largest absolute Gasteiger partial charge is 0.347 e. The maximum Gasteiger partial charge on any atom is 0.242 e. The summed E-state index contributed by atoms with van der Waals surface area (Å²) in [6.45, 7) is 1.79. The SMILES string of the molecule is O=C(Cc1cccc(F)c1)NCC(=O)N1C2CCNCC1CC2. The molecule has 2 N–H and O–H groups in total. The summed E-state index contributed by atoms with van der Waals surface area (Å²) in [5.41, 5.74) is 0.606. The number of carbonyl (C=O) groups is 2. The van der Waals surface area contributed by atoms with Gasteiger partial charge in [-0.25, -0.2) is 4.39 Å². The molecule has 2 amide bonds. The van der Waals surface area contributed by atoms with Crippen molar-refractivity contribution in [1.82, 2.24) is 15.5 Å². The molecule has 0 aliphatic carbocycles. The van der Waals surface area contributed by atoms with Crippen molar-refractivity contribution in [2.24, 2.45) is 0 Å². The smallest absolute Gasteiger partial charge is 0.242 e. The first-order chi connectivity index (χ1) is 11.1. The summed E-state index contributed by atoms with van der Waals surface area (Å²) in [5.74, 6) is -0.641. The van der Waals surface area contributed by atoms with Gasteiger partial charge in [-0.2, -0.15) is 0 Å². The molecule has 124 valence electrons. The monoisotopic (exact) mass is 319 g/mol. The molecule has 2 unspecified atom stereocenters. The minimum atomic E-state index is -0.361. The molecular weight excluding hydrogens is 297 g/mol. The van der Waals surface area contributed by atoms with Crippen LogP contribution in [0.4, 0.5) is 4.39 Å². The van der Waals surface area contributed by atoms with Gasteiger partial charge in [-0.15, -0.1) is 0 Å². The van der Waals surface area contributed by atoms with E-state index in [1.54, 1.807) is 12.1 Å². The number of nitrogens with one attached hydrogen (secondary N) is 2. The molecule has 23 heavy (non-hydrogen) atoms. The first-order valence-electron chi connectivity index (χ1n) is 8.16. The van der Waals surface area contributed by atoms with E-state index in [0.717, 1.165) is 32.4 Å². The zero-order valence-corrected chi connectivity index (χ0v) is 13.1. The van der Waals surface area contributed by atoms with Crippen molar-refractivity contribution in [2.75, 3.05) is 19.6 Å². The maximum absolute atomic E-state index is 13.1. The minimum Gasteiger partial charge on any atom is -0.347 e. The average Bonchev–Trinajstić information content (AvgIpc) is 2.78. The van der Waals surface area contributed by atoms with E-state index in [1.807, 2.05) is 4.90 Å². The normalized spacial score (nSPS) is 23.4. The van der Waals surface area contributed by atoms with Crippen molar-refractivity contribution in [1.29, 1.82) is 0 Å². The lowest BCUT2D eigenvalue weighted by atomic mass is 10.1. The fourth-order valence-electron chi connectivity index (χ4n) is 3.55. The van der Waals surface area contributed by atoms with Crippen LogP contribution in [0.15, 0.2) is 24.3 Å². The first kappa shape index (κ1) is 15.9. The Morgan fingerprint density at radius 3 is 2.91 bits per heavy atom. The van der Waals surface area contributed by atoms with Crippen LogP contribution in [0, 0.1) is 5.82 Å². The second-order valence-corrected chi connectivity index (χ2v) is 6.26. The number of halogens is 1. The van der Waals surface area contributed by atoms with E-state index in [4.69, 9.17) is 0 Å². The fraction of sp³-hybridized carbons (Fsp3) is 0.529. The number of hydrogen-bond acceptors (Lipinski definition) is 3. The fourth-order valence-corrected chi connectivity index (χ4v) is 3.55. The summed E-state index contributed by atoms with van der Waals surface area (Å²) in [7, 11) is 0. The highest BCUT2D eigenvalue weighted by atomic mass is 19.1. The zero-order valence-electron chi connectivity index (χ0n) is 13.1. The topological polar surface area (TPSA) is 61.4 Å². The molecule has 2 heterocycles. The van der Waals surface area contributed by atoms with Crippen molar-refractivity contribution >= 4 is 11.8 Å². The van der Waals surface area contributed by atoms with Crippen LogP contribution in [0.1, 0.15) is 24.8 Å². The molecule has 0 spiro atoms. The number of nitrogens with zero attached hydrogens (tertiary/aromatic N) is 1. The van der Waals surface area contributed by atoms with Gasteiger partial charge in [0.2, 0.25) is 11.8 Å². The van der Waals surface area contributed by atoms with Crippen molar-refractivity contribution in [2.45, 2.75) is 37.8 Å². The molecule has 2 saturated heterocycles. The quantitative estimate of drug-likeness (QED) is 0.864. The molecule has 1 aromatic rings. The Morgan fingerprint density at radius 2 is 2.09 bits per heavy atom. The van der Waals surface area contributed by atoms with E-state index in [-0.39, 0.29) is 36.6 Å². The Bertz CT molecular complexity index is 579. The summed E-state index contributed by atoms with van der Waals surface area (Å²) in [6, 6.07) is 6.49. The lowest BCUT2D eigenvalue weighted by Gasteiger charge is -2.28. The third kappa shape index (κ3) is 3.88. The van der Waals surface area contributed by atoms with Crippen LogP contribution in [0.25, 0.3) is 0 Å². The Labute approximate surface area is 135 Å². The van der Waals surface area contributed by atoms with Gasteiger partial charge in [0.05, 0.1) is 13.0 Å². The second-order valence-electron chi connectivity index (χ2n) is 6.26. The molecule has 2 aliphatic rings. The van der Waals surface area contributed by atoms with Gasteiger partial charge in [0.1, 0.15) is 5.82 Å². The van der Waals surface area contributed by atoms with Crippen molar-refractivity contribution in [3.05, 3.63) is 35.6 Å². The van der Waals surface area contributed by atoms with Crippen LogP contribution in [-0.2, 0) is 16.0 Å². The van der Waals surface area contributed by atoms with Crippen LogP contribution in [0.3, 0.4) is 0 Å². The molecule has 0 radical (unpaired) electrons. The predicted octanol–water partition coefficient (Wildman–Crippen LogP) is 0.837. The van der Waals surface area contributed by atoms with Crippen LogP contribution >= 0.6 is 0 Å². The minimum absolute atomic E-state index is 0.0150. The predicted molar refractivity (Wildman–Crippen MR) is 84.3 cm³/mol. The summed E-state index contributed by atoms with van der Waals surface area (Å²) >= 11 is 0. The Kier molecular flexibility index (Phi) is 4.91. The number of fused-ring (bicyclic) bond motifs is 2. The Morgan fingerprint density at radius 1 is 1.26 bits per heavy atom. The van der Waals surface area contributed by atoms with Crippen molar-refractivity contribution in [3.8, 4) is 0 Å². The first-order valence-corrected chi connectivity index (χ1v) is 8.16. The summed E-state index contributed by atoms with van der Waals surface area (Å²) in [5, 5.41) is 6.01. The van der Waals surface area contributed by atoms with E-state index < -0.39 is 0 Å². The molecule has 2 bridgehead atoms. The summed E-state index contributed by atoms with van der Waals surface area (Å²) in [6.07, 6.45) is 3.13. The summed E-state index contributed by atoms with van der Waals surface area (Å²) < 4.78 is 13.1. The van der Waals surface area contributed by atoms with Crippen LogP contribution in [0.2, 0.25) is 0 Å². The molecule has 0 saturated carbocycles. The Balaban J connectivity index is 1.51. The highest BCUT2D eigenvalue weighted by molar-refractivity contribution is 5.86. The van der Waals surface area contributed by atoms with Crippen LogP contribution in [0.5, 0.6) is 0 Å². The molecule has 3 rings (SSSR count). The standard InChI is InChI=1S/C17H22FN3O2/c18-13-3-1-2-12(8-13)9-16(22)20-11-17(23)21-14-4-5-15(21)10-19-7-6-14/h1-3,8,14-15,19H,4-7,9-11H2,(H,20,22). The maximum atomic E-state index is 13.1.